The fourth-order valence-electron chi connectivity index (χ4n) is 2.47. The zero-order valence-corrected chi connectivity index (χ0v) is 15.3. The molecule has 1 heterocycles. The van der Waals surface area contributed by atoms with Gasteiger partial charge in [-0.05, 0) is 54.6 Å². The third kappa shape index (κ3) is 3.86. The van der Waals surface area contributed by atoms with E-state index in [9.17, 15) is 9.59 Å². The van der Waals surface area contributed by atoms with E-state index in [0.29, 0.717) is 27.9 Å². The summed E-state index contributed by atoms with van der Waals surface area (Å²) in [5.74, 6) is -0.441. The Kier molecular flexibility index (Phi) is 5.53. The van der Waals surface area contributed by atoms with Gasteiger partial charge >= 0.3 is 5.97 Å². The van der Waals surface area contributed by atoms with Crippen molar-refractivity contribution >= 4 is 40.6 Å². The van der Waals surface area contributed by atoms with Gasteiger partial charge in [-0.15, -0.1) is 0 Å². The number of aliphatic imine (C=N–C) groups is 1. The van der Waals surface area contributed by atoms with Gasteiger partial charge in [-0.25, -0.2) is 9.79 Å². The Hall–Kier alpha value is -2.86. The number of methoxy groups -OCH3 is 1. The van der Waals surface area contributed by atoms with Gasteiger partial charge in [-0.1, -0.05) is 30.3 Å². The maximum Gasteiger partial charge on any atom is 0.337 e. The van der Waals surface area contributed by atoms with E-state index in [0.717, 1.165) is 5.56 Å². The molecule has 0 aromatic heterocycles. The van der Waals surface area contributed by atoms with Crippen LogP contribution in [0.1, 0.15) is 22.8 Å². The average molecular weight is 366 g/mol. The van der Waals surface area contributed by atoms with Crippen LogP contribution in [0.15, 0.2) is 64.5 Å². The molecule has 0 radical (unpaired) electrons. The minimum Gasteiger partial charge on any atom is -0.465 e. The number of rotatable bonds is 4. The molecule has 132 valence electrons. The number of likely N-dealkylation sites (N-methyl/N-ethyl adjacent to an activating group) is 1. The highest BCUT2D eigenvalue weighted by Gasteiger charge is 2.32. The molecule has 1 aliphatic heterocycles. The van der Waals surface area contributed by atoms with Crippen LogP contribution in [0.25, 0.3) is 6.08 Å². The smallest absolute Gasteiger partial charge is 0.337 e. The van der Waals surface area contributed by atoms with Gasteiger partial charge in [0.15, 0.2) is 5.17 Å². The Bertz CT molecular complexity index is 874. The molecule has 26 heavy (non-hydrogen) atoms. The topological polar surface area (TPSA) is 59.0 Å². The highest BCUT2D eigenvalue weighted by Crippen LogP contribution is 2.33. The van der Waals surface area contributed by atoms with Crippen LogP contribution < -0.4 is 0 Å². The summed E-state index contributed by atoms with van der Waals surface area (Å²) in [7, 11) is 1.34. The maximum atomic E-state index is 12.6. The second-order valence-corrected chi connectivity index (χ2v) is 6.51. The van der Waals surface area contributed by atoms with Crippen molar-refractivity contribution in [2.24, 2.45) is 4.99 Å². The first kappa shape index (κ1) is 17.9. The van der Waals surface area contributed by atoms with Gasteiger partial charge in [-0.2, -0.15) is 0 Å². The van der Waals surface area contributed by atoms with Crippen LogP contribution in [0.3, 0.4) is 0 Å². The summed E-state index contributed by atoms with van der Waals surface area (Å²) in [5, 5.41) is 0.630. The Morgan fingerprint density at radius 1 is 1.15 bits per heavy atom. The van der Waals surface area contributed by atoms with Gasteiger partial charge in [0, 0.05) is 6.54 Å². The van der Waals surface area contributed by atoms with Crippen LogP contribution >= 0.6 is 11.8 Å². The van der Waals surface area contributed by atoms with Gasteiger partial charge in [0.05, 0.1) is 23.3 Å². The van der Waals surface area contributed by atoms with Crippen molar-refractivity contribution < 1.29 is 14.3 Å². The summed E-state index contributed by atoms with van der Waals surface area (Å²) in [6.07, 6.45) is 1.87. The van der Waals surface area contributed by atoms with Gasteiger partial charge in [0.2, 0.25) is 0 Å². The van der Waals surface area contributed by atoms with Crippen LogP contribution in [-0.2, 0) is 9.53 Å². The highest BCUT2D eigenvalue weighted by atomic mass is 32.2. The molecule has 1 aliphatic rings. The fraction of sp³-hybridized carbons (Fsp3) is 0.150. The number of thioether (sulfide) groups is 1. The number of hydrogen-bond acceptors (Lipinski definition) is 5. The van der Waals surface area contributed by atoms with Gasteiger partial charge in [0.1, 0.15) is 0 Å². The van der Waals surface area contributed by atoms with Crippen molar-refractivity contribution in [2.75, 3.05) is 13.7 Å². The quantitative estimate of drug-likeness (QED) is 0.604. The standard InChI is InChI=1S/C20H18N2O3S/c1-3-22-18(23)17(13-14-7-5-4-6-8-14)26-20(22)21-16-11-9-15(10-12-16)19(24)25-2/h4-13H,3H2,1-2H3. The number of ether oxygens (including phenoxy) is 1. The lowest BCUT2D eigenvalue weighted by Crippen LogP contribution is -2.28. The van der Waals surface area contributed by atoms with Crippen LogP contribution in [0.2, 0.25) is 0 Å². The molecule has 0 saturated carbocycles. The number of carbonyl (C=O) groups is 2. The molecule has 5 nitrogen and oxygen atoms in total. The minimum absolute atomic E-state index is 0.0497. The fourth-order valence-corrected chi connectivity index (χ4v) is 3.53. The summed E-state index contributed by atoms with van der Waals surface area (Å²) < 4.78 is 4.69. The van der Waals surface area contributed by atoms with Gasteiger partial charge in [0.25, 0.3) is 5.91 Å². The first-order valence-corrected chi connectivity index (χ1v) is 8.97. The predicted molar refractivity (Wildman–Crippen MR) is 104 cm³/mol. The van der Waals surface area contributed by atoms with E-state index in [1.54, 1.807) is 29.2 Å². The summed E-state index contributed by atoms with van der Waals surface area (Å²) >= 11 is 1.35. The van der Waals surface area contributed by atoms with Crippen LogP contribution in [0.4, 0.5) is 5.69 Å². The van der Waals surface area contributed by atoms with Crippen molar-refractivity contribution in [1.82, 2.24) is 4.90 Å². The van der Waals surface area contributed by atoms with Crippen LogP contribution in [0.5, 0.6) is 0 Å². The number of carbonyl (C=O) groups excluding carboxylic acids is 2. The summed E-state index contributed by atoms with van der Waals surface area (Å²) in [5.41, 5.74) is 2.11. The maximum absolute atomic E-state index is 12.6. The lowest BCUT2D eigenvalue weighted by molar-refractivity contribution is -0.122. The molecule has 0 bridgehead atoms. The second-order valence-electron chi connectivity index (χ2n) is 5.50. The molecule has 2 aromatic rings. The third-order valence-corrected chi connectivity index (χ3v) is 4.82. The van der Waals surface area contributed by atoms with Crippen molar-refractivity contribution in [3.63, 3.8) is 0 Å². The van der Waals surface area contributed by atoms with Crippen molar-refractivity contribution in [3.8, 4) is 0 Å². The summed E-state index contributed by atoms with van der Waals surface area (Å²) in [6, 6.07) is 16.5. The van der Waals surface area contributed by atoms with Crippen LogP contribution in [0, 0.1) is 0 Å². The lowest BCUT2D eigenvalue weighted by Gasteiger charge is -2.12. The summed E-state index contributed by atoms with van der Waals surface area (Å²) in [4.78, 5) is 31.0. The first-order chi connectivity index (χ1) is 12.6. The molecule has 6 heteroatoms. The molecule has 0 unspecified atom stereocenters. The largest absolute Gasteiger partial charge is 0.465 e. The lowest BCUT2D eigenvalue weighted by atomic mass is 10.2. The molecular weight excluding hydrogens is 348 g/mol. The molecule has 0 N–H and O–H groups in total. The number of nitrogens with zero attached hydrogens (tertiary/aromatic N) is 2. The van der Waals surface area contributed by atoms with Gasteiger partial charge in [-0.3, -0.25) is 9.69 Å². The zero-order chi connectivity index (χ0) is 18.5. The molecule has 0 spiro atoms. The van der Waals surface area contributed by atoms with E-state index >= 15 is 0 Å². The summed E-state index contributed by atoms with van der Waals surface area (Å²) in [6.45, 7) is 2.46. The van der Waals surface area contributed by atoms with Crippen molar-refractivity contribution in [1.29, 1.82) is 0 Å². The van der Waals surface area contributed by atoms with E-state index in [1.165, 1.54) is 18.9 Å². The van der Waals surface area contributed by atoms with E-state index in [-0.39, 0.29) is 5.91 Å². The molecule has 3 rings (SSSR count). The van der Waals surface area contributed by atoms with E-state index < -0.39 is 5.97 Å². The molecule has 1 amide bonds. The monoisotopic (exact) mass is 366 g/mol. The number of esters is 1. The first-order valence-electron chi connectivity index (χ1n) is 8.16. The highest BCUT2D eigenvalue weighted by molar-refractivity contribution is 8.18. The Morgan fingerprint density at radius 3 is 2.46 bits per heavy atom. The molecule has 0 atom stereocenters. The Labute approximate surface area is 156 Å². The Morgan fingerprint density at radius 2 is 1.85 bits per heavy atom. The van der Waals surface area contributed by atoms with Gasteiger partial charge < -0.3 is 4.74 Å². The SMILES string of the molecule is CCN1C(=O)C(=Cc2ccccc2)SC1=Nc1ccc(C(=O)OC)cc1. The zero-order valence-electron chi connectivity index (χ0n) is 14.5. The molecule has 1 fully saturated rings. The molecule has 2 aromatic carbocycles. The number of amides is 1. The second kappa shape index (κ2) is 8.01. The molecule has 0 aliphatic carbocycles. The molecule has 1 saturated heterocycles. The normalized spacial score (nSPS) is 17.2. The average Bonchev–Trinajstić information content (AvgIpc) is 2.96. The van der Waals surface area contributed by atoms with Crippen LogP contribution in [-0.4, -0.2) is 35.6 Å². The van der Waals surface area contributed by atoms with E-state index in [4.69, 9.17) is 0 Å². The predicted octanol–water partition coefficient (Wildman–Crippen LogP) is 4.10. The third-order valence-electron chi connectivity index (χ3n) is 3.81. The number of hydrogen-bond donors (Lipinski definition) is 0. The van der Waals surface area contributed by atoms with E-state index in [2.05, 4.69) is 9.73 Å². The number of benzene rings is 2. The molecular formula is C20H18N2O3S. The van der Waals surface area contributed by atoms with Crippen molar-refractivity contribution in [3.05, 3.63) is 70.6 Å². The van der Waals surface area contributed by atoms with E-state index in [1.807, 2.05) is 43.3 Å². The van der Waals surface area contributed by atoms with Crippen molar-refractivity contribution in [2.45, 2.75) is 6.92 Å². The Balaban J connectivity index is 1.87. The number of amidine groups is 1. The minimum atomic E-state index is -0.391.